The van der Waals surface area contributed by atoms with Gasteiger partial charge in [0, 0.05) is 5.38 Å². The number of nitrogens with zero attached hydrogens (tertiary/aromatic N) is 1. The van der Waals surface area contributed by atoms with Crippen molar-refractivity contribution in [3.05, 3.63) is 75.1 Å². The summed E-state index contributed by atoms with van der Waals surface area (Å²) in [5.41, 5.74) is 4.38. The van der Waals surface area contributed by atoms with Gasteiger partial charge in [0.25, 0.3) is 0 Å². The Hall–Kier alpha value is -2.28. The zero-order valence-electron chi connectivity index (χ0n) is 16.4. The van der Waals surface area contributed by atoms with Crippen LogP contribution in [0.25, 0.3) is 11.3 Å². The smallest absolute Gasteiger partial charge is 0.240 e. The lowest BCUT2D eigenvalue weighted by Crippen LogP contribution is -3.06. The van der Waals surface area contributed by atoms with Crippen LogP contribution in [-0.4, -0.2) is 31.1 Å². The Morgan fingerprint density at radius 1 is 1.14 bits per heavy atom. The molecule has 1 atom stereocenters. The van der Waals surface area contributed by atoms with Crippen molar-refractivity contribution in [2.45, 2.75) is 19.5 Å². The summed E-state index contributed by atoms with van der Waals surface area (Å²) in [6, 6.07) is 18.4. The minimum atomic E-state index is -0.0330. The Labute approximate surface area is 175 Å². The van der Waals surface area contributed by atoms with Crippen LogP contribution >= 0.6 is 23.6 Å². The zero-order valence-corrected chi connectivity index (χ0v) is 18.1. The van der Waals surface area contributed by atoms with E-state index in [0.717, 1.165) is 23.4 Å². The number of carbonyl (C=O) groups excluding carboxylic acids is 1. The van der Waals surface area contributed by atoms with Crippen molar-refractivity contribution in [1.29, 1.82) is 0 Å². The topological polar surface area (TPSA) is 38.5 Å². The van der Waals surface area contributed by atoms with Gasteiger partial charge in [-0.15, -0.1) is 11.3 Å². The van der Waals surface area contributed by atoms with E-state index in [4.69, 9.17) is 12.2 Å². The number of quaternary nitrogens is 1. The second-order valence-electron chi connectivity index (χ2n) is 7.28. The van der Waals surface area contributed by atoms with Gasteiger partial charge in [-0.3, -0.25) is 4.79 Å². The minimum absolute atomic E-state index is 0.0297. The summed E-state index contributed by atoms with van der Waals surface area (Å²) >= 11 is 6.98. The number of carbonyl (C=O) groups is 1. The molecule has 3 aromatic rings. The quantitative estimate of drug-likeness (QED) is 0.585. The van der Waals surface area contributed by atoms with Gasteiger partial charge in [-0.1, -0.05) is 60.2 Å². The molecule has 2 N–H and O–H groups in total. The predicted molar refractivity (Wildman–Crippen MR) is 118 cm³/mol. The maximum atomic E-state index is 12.9. The highest BCUT2D eigenvalue weighted by molar-refractivity contribution is 7.73. The van der Waals surface area contributed by atoms with Gasteiger partial charge in [-0.05, 0) is 30.3 Å². The van der Waals surface area contributed by atoms with Gasteiger partial charge in [0.15, 0.2) is 3.95 Å². The van der Waals surface area contributed by atoms with Crippen LogP contribution < -0.4 is 10.2 Å². The Balaban J connectivity index is 1.80. The maximum Gasteiger partial charge on any atom is 0.240 e. The SMILES string of the molecule is Cc1ccc(-c2csc(=S)n2CC(=O)N[C@H](C[NH+](C)C)c2ccccc2)cc1. The normalized spacial score (nSPS) is 12.1. The van der Waals surface area contributed by atoms with Crippen molar-refractivity contribution in [3.8, 4) is 11.3 Å². The van der Waals surface area contributed by atoms with E-state index in [2.05, 4.69) is 62.7 Å². The maximum absolute atomic E-state index is 12.9. The van der Waals surface area contributed by atoms with E-state index in [1.165, 1.54) is 21.8 Å². The summed E-state index contributed by atoms with van der Waals surface area (Å²) in [4.78, 5) is 14.2. The van der Waals surface area contributed by atoms with Crippen molar-refractivity contribution in [3.63, 3.8) is 0 Å². The first-order chi connectivity index (χ1) is 13.4. The Morgan fingerprint density at radius 2 is 1.82 bits per heavy atom. The molecular weight excluding hydrogens is 386 g/mol. The number of aryl methyl sites for hydroxylation is 1. The second-order valence-corrected chi connectivity index (χ2v) is 8.78. The van der Waals surface area contributed by atoms with Gasteiger partial charge >= 0.3 is 0 Å². The lowest BCUT2D eigenvalue weighted by atomic mass is 10.1. The fraction of sp³-hybridized carbons (Fsp3) is 0.273. The fourth-order valence-corrected chi connectivity index (χ4v) is 4.23. The van der Waals surface area contributed by atoms with E-state index in [1.807, 2.05) is 28.1 Å². The number of aromatic nitrogens is 1. The Morgan fingerprint density at radius 3 is 2.46 bits per heavy atom. The molecule has 1 amide bonds. The third-order valence-electron chi connectivity index (χ3n) is 4.58. The van der Waals surface area contributed by atoms with E-state index >= 15 is 0 Å². The summed E-state index contributed by atoms with van der Waals surface area (Å²) in [6.45, 7) is 3.10. The van der Waals surface area contributed by atoms with Crippen molar-refractivity contribution >= 4 is 29.5 Å². The second kappa shape index (κ2) is 9.28. The molecule has 6 heteroatoms. The number of hydrogen-bond donors (Lipinski definition) is 2. The van der Waals surface area contributed by atoms with Gasteiger partial charge in [0.05, 0.1) is 19.8 Å². The highest BCUT2D eigenvalue weighted by Gasteiger charge is 2.19. The van der Waals surface area contributed by atoms with Crippen LogP contribution in [0.3, 0.4) is 0 Å². The molecule has 0 aliphatic heterocycles. The van der Waals surface area contributed by atoms with E-state index in [-0.39, 0.29) is 18.5 Å². The number of hydrogen-bond acceptors (Lipinski definition) is 3. The molecule has 28 heavy (non-hydrogen) atoms. The first-order valence-electron chi connectivity index (χ1n) is 9.32. The molecule has 0 saturated carbocycles. The summed E-state index contributed by atoms with van der Waals surface area (Å²) in [5.74, 6) is -0.0297. The minimum Gasteiger partial charge on any atom is -0.342 e. The highest BCUT2D eigenvalue weighted by Crippen LogP contribution is 2.24. The van der Waals surface area contributed by atoms with Crippen molar-refractivity contribution in [2.75, 3.05) is 20.6 Å². The van der Waals surface area contributed by atoms with Gasteiger partial charge in [0.1, 0.15) is 19.1 Å². The monoisotopic (exact) mass is 412 g/mol. The van der Waals surface area contributed by atoms with Crippen LogP contribution in [-0.2, 0) is 11.3 Å². The number of rotatable bonds is 7. The molecular formula is C22H26N3OS2+. The van der Waals surface area contributed by atoms with Crippen LogP contribution in [0, 0.1) is 10.9 Å². The molecule has 0 unspecified atom stereocenters. The van der Waals surface area contributed by atoms with E-state index < -0.39 is 0 Å². The number of likely N-dealkylation sites (N-methyl/N-ethyl adjacent to an activating group) is 1. The van der Waals surface area contributed by atoms with E-state index in [1.54, 1.807) is 0 Å². The largest absolute Gasteiger partial charge is 0.342 e. The Bertz CT molecular complexity index is 975. The number of benzene rings is 2. The van der Waals surface area contributed by atoms with Gasteiger partial charge in [-0.2, -0.15) is 0 Å². The summed E-state index contributed by atoms with van der Waals surface area (Å²) < 4.78 is 2.63. The van der Waals surface area contributed by atoms with Crippen LogP contribution in [0.5, 0.6) is 0 Å². The summed E-state index contributed by atoms with van der Waals surface area (Å²) in [7, 11) is 4.18. The number of amides is 1. The molecule has 1 aromatic heterocycles. The number of nitrogens with one attached hydrogen (secondary N) is 2. The van der Waals surface area contributed by atoms with Gasteiger partial charge < -0.3 is 14.8 Å². The first-order valence-corrected chi connectivity index (χ1v) is 10.6. The van der Waals surface area contributed by atoms with Gasteiger partial charge in [0.2, 0.25) is 5.91 Å². The molecule has 0 bridgehead atoms. The molecule has 146 valence electrons. The highest BCUT2D eigenvalue weighted by atomic mass is 32.1. The lowest BCUT2D eigenvalue weighted by Gasteiger charge is -2.21. The van der Waals surface area contributed by atoms with Crippen LogP contribution in [0.1, 0.15) is 17.2 Å². The van der Waals surface area contributed by atoms with Crippen molar-refractivity contribution in [1.82, 2.24) is 9.88 Å². The Kier molecular flexibility index (Phi) is 6.78. The number of thiazole rings is 1. The molecule has 0 aliphatic rings. The van der Waals surface area contributed by atoms with E-state index in [0.29, 0.717) is 3.95 Å². The summed E-state index contributed by atoms with van der Waals surface area (Å²) in [5, 5.41) is 5.22. The van der Waals surface area contributed by atoms with Crippen molar-refractivity contribution in [2.24, 2.45) is 0 Å². The molecule has 0 spiro atoms. The lowest BCUT2D eigenvalue weighted by molar-refractivity contribution is -0.860. The molecule has 1 heterocycles. The molecule has 3 rings (SSSR count). The van der Waals surface area contributed by atoms with E-state index in [9.17, 15) is 4.79 Å². The zero-order chi connectivity index (χ0) is 20.1. The molecule has 4 nitrogen and oxygen atoms in total. The van der Waals surface area contributed by atoms with Crippen molar-refractivity contribution < 1.29 is 9.69 Å². The van der Waals surface area contributed by atoms with Crippen LogP contribution in [0.4, 0.5) is 0 Å². The average Bonchev–Trinajstić information content (AvgIpc) is 3.02. The molecule has 0 fully saturated rings. The predicted octanol–water partition coefficient (Wildman–Crippen LogP) is 3.26. The molecule has 0 radical (unpaired) electrons. The third kappa shape index (κ3) is 5.16. The fourth-order valence-electron chi connectivity index (χ4n) is 3.16. The average molecular weight is 413 g/mol. The summed E-state index contributed by atoms with van der Waals surface area (Å²) in [6.07, 6.45) is 0. The molecule has 2 aromatic carbocycles. The molecule has 0 aliphatic carbocycles. The van der Waals surface area contributed by atoms with Crippen LogP contribution in [0.15, 0.2) is 60.0 Å². The molecule has 0 saturated heterocycles. The van der Waals surface area contributed by atoms with Crippen LogP contribution in [0.2, 0.25) is 0 Å². The third-order valence-corrected chi connectivity index (χ3v) is 5.85. The van der Waals surface area contributed by atoms with Gasteiger partial charge in [-0.25, -0.2) is 0 Å². The standard InChI is InChI=1S/C22H25N3OS2/c1-16-9-11-18(12-10-16)20-15-28-22(27)25(20)14-21(26)23-19(13-24(2)3)17-7-5-4-6-8-17/h4-12,15,19H,13-14H2,1-3H3,(H,23,26)/p+1/t19-/m1/s1. The first kappa shape index (κ1) is 20.5.